The first-order valence-corrected chi connectivity index (χ1v) is 20.2. The third-order valence-corrected chi connectivity index (χ3v) is 11.4. The van der Waals surface area contributed by atoms with Gasteiger partial charge in [0, 0.05) is 50.5 Å². The molecule has 7 rings (SSSR count). The van der Waals surface area contributed by atoms with E-state index in [2.05, 4.69) is 23.6 Å². The van der Waals surface area contributed by atoms with Crippen LogP contribution < -0.4 is 4.74 Å². The number of nitrogens with zero attached hydrogens (tertiary/aromatic N) is 2. The molecule has 0 aliphatic carbocycles. The van der Waals surface area contributed by atoms with Crippen molar-refractivity contribution in [2.45, 2.75) is 65.3 Å². The molecule has 0 amide bonds. The zero-order chi connectivity index (χ0) is 41.0. The molecule has 1 atom stereocenters. The summed E-state index contributed by atoms with van der Waals surface area (Å²) in [4.78, 5) is 33.3. The van der Waals surface area contributed by atoms with Crippen LogP contribution >= 0.6 is 11.3 Å². The number of fused-ring (bicyclic) bond motifs is 5. The average Bonchev–Trinajstić information content (AvgIpc) is 3.89. The van der Waals surface area contributed by atoms with Crippen molar-refractivity contribution >= 4 is 61.4 Å². The third kappa shape index (κ3) is 8.13. The van der Waals surface area contributed by atoms with Crippen LogP contribution in [0.2, 0.25) is 0 Å². The van der Waals surface area contributed by atoms with Gasteiger partial charge in [-0.25, -0.2) is 13.6 Å². The molecular formula is C47H42F4N2O4S. The minimum absolute atomic E-state index is 0.0510. The van der Waals surface area contributed by atoms with E-state index < -0.39 is 24.9 Å². The largest absolute Gasteiger partial charge is 0.486 e. The topological polar surface area (TPSA) is 69.9 Å². The first-order valence-electron chi connectivity index (χ1n) is 19.3. The summed E-state index contributed by atoms with van der Waals surface area (Å²) in [5.41, 5.74) is 4.47. The van der Waals surface area contributed by atoms with E-state index in [0.29, 0.717) is 22.6 Å². The van der Waals surface area contributed by atoms with E-state index in [1.807, 2.05) is 73.7 Å². The van der Waals surface area contributed by atoms with E-state index in [-0.39, 0.29) is 27.7 Å². The van der Waals surface area contributed by atoms with Crippen LogP contribution in [-0.2, 0) is 11.4 Å². The lowest BCUT2D eigenvalue weighted by atomic mass is 9.92. The summed E-state index contributed by atoms with van der Waals surface area (Å²) < 4.78 is 62.3. The van der Waals surface area contributed by atoms with Gasteiger partial charge in [0.05, 0.1) is 5.52 Å². The minimum Gasteiger partial charge on any atom is -0.486 e. The number of rotatable bonds is 16. The number of thiophene rings is 1. The predicted octanol–water partition coefficient (Wildman–Crippen LogP) is 12.7. The third-order valence-electron chi connectivity index (χ3n) is 10.6. The molecule has 6 nitrogen and oxygen atoms in total. The van der Waals surface area contributed by atoms with Crippen LogP contribution in [0.5, 0.6) is 5.75 Å². The fourth-order valence-corrected chi connectivity index (χ4v) is 8.04. The summed E-state index contributed by atoms with van der Waals surface area (Å²) in [5.74, 6) is -5.06. The number of oxime groups is 1. The Balaban J connectivity index is 1.47. The average molecular weight is 807 g/mol. The Bertz CT molecular complexity index is 2630. The number of carbonyl (C=O) groups is 2. The van der Waals surface area contributed by atoms with Crippen LogP contribution in [0, 0.1) is 12.8 Å². The van der Waals surface area contributed by atoms with Gasteiger partial charge in [0.15, 0.2) is 12.4 Å². The zero-order valence-corrected chi connectivity index (χ0v) is 33.1. The van der Waals surface area contributed by atoms with E-state index in [9.17, 15) is 27.2 Å². The highest BCUT2D eigenvalue weighted by atomic mass is 32.1. The molecular weight excluding hydrogens is 765 g/mol. The number of aromatic nitrogens is 1. The fourth-order valence-electron chi connectivity index (χ4n) is 7.45. The second kappa shape index (κ2) is 17.4. The highest BCUT2D eigenvalue weighted by molar-refractivity contribution is 7.11. The van der Waals surface area contributed by atoms with Crippen molar-refractivity contribution in [2.24, 2.45) is 11.1 Å². The van der Waals surface area contributed by atoms with Gasteiger partial charge in [0.2, 0.25) is 0 Å². The predicted molar refractivity (Wildman–Crippen MR) is 223 cm³/mol. The van der Waals surface area contributed by atoms with Gasteiger partial charge < -0.3 is 14.1 Å². The molecule has 0 aliphatic heterocycles. The van der Waals surface area contributed by atoms with Crippen LogP contribution in [0.4, 0.5) is 17.6 Å². The number of para-hydroxylation sites is 1. The lowest BCUT2D eigenvalue weighted by molar-refractivity contribution is -0.148. The maximum absolute atomic E-state index is 14.4. The number of hydrogen-bond acceptors (Lipinski definition) is 6. The normalized spacial score (nSPS) is 12.8. The maximum Gasteiger partial charge on any atom is 0.375 e. The zero-order valence-electron chi connectivity index (χ0n) is 32.3. The molecule has 0 saturated carbocycles. The SMILES string of the molecule is CCCCC(CC)Cn1c2ccc(C(=NOC(=O)c3cccs3)c3ccccc3OCC(F)(F)C(F)F)cc2c2cc(C(=O)c3ccccc3C)c3ccccc3c21. The molecule has 0 N–H and O–H groups in total. The molecule has 2 heterocycles. The minimum atomic E-state index is -4.42. The van der Waals surface area contributed by atoms with Crippen LogP contribution in [0.15, 0.2) is 120 Å². The standard InChI is InChI=1S/C47H42F4N2O4S/c1-4-6-15-30(5-2)27-53-39-23-22-31(25-36(39)37-26-38(33-17-9-10-18-34(33)43(37)53)44(54)32-16-8-7-14-29(32)3)42(52-57-45(55)41-21-13-24-58-41)35-19-11-12-20-40(35)56-28-47(50,51)46(48)49/h7-14,16-26,30,46H,4-6,15,27-28H2,1-3H3. The van der Waals surface area contributed by atoms with E-state index in [0.717, 1.165) is 81.7 Å². The smallest absolute Gasteiger partial charge is 0.375 e. The number of ketones is 1. The molecule has 0 radical (unpaired) electrons. The first-order chi connectivity index (χ1) is 28.0. The summed E-state index contributed by atoms with van der Waals surface area (Å²) in [5, 5.41) is 9.34. The molecule has 5 aromatic carbocycles. The molecule has 0 spiro atoms. The van der Waals surface area contributed by atoms with Crippen molar-refractivity contribution < 1.29 is 36.7 Å². The lowest BCUT2D eigenvalue weighted by Crippen LogP contribution is -2.34. The lowest BCUT2D eigenvalue weighted by Gasteiger charge is -2.19. The van der Waals surface area contributed by atoms with E-state index >= 15 is 0 Å². The van der Waals surface area contributed by atoms with Crippen LogP contribution in [-0.4, -0.2) is 41.0 Å². The van der Waals surface area contributed by atoms with E-state index in [1.165, 1.54) is 18.2 Å². The van der Waals surface area contributed by atoms with Gasteiger partial charge in [0.25, 0.3) is 0 Å². The number of hydrogen-bond donors (Lipinski definition) is 0. The van der Waals surface area contributed by atoms with Gasteiger partial charge in [-0.2, -0.15) is 8.78 Å². The van der Waals surface area contributed by atoms with E-state index in [4.69, 9.17) is 9.57 Å². The molecule has 2 aromatic heterocycles. The molecule has 1 unspecified atom stereocenters. The summed E-state index contributed by atoms with van der Waals surface area (Å²) in [6, 6.07) is 32.3. The molecule has 58 heavy (non-hydrogen) atoms. The van der Waals surface area contributed by atoms with Crippen molar-refractivity contribution in [1.82, 2.24) is 4.57 Å². The van der Waals surface area contributed by atoms with Crippen LogP contribution in [0.1, 0.15) is 81.8 Å². The quantitative estimate of drug-likeness (QED) is 0.0321. The fraction of sp³-hybridized carbons (Fsp3) is 0.255. The molecule has 7 aromatic rings. The van der Waals surface area contributed by atoms with Gasteiger partial charge in [-0.15, -0.1) is 11.3 Å². The van der Waals surface area contributed by atoms with Crippen molar-refractivity contribution in [2.75, 3.05) is 6.61 Å². The number of alkyl halides is 4. The Hall–Kier alpha value is -5.81. The second-order valence-electron chi connectivity index (χ2n) is 14.4. The maximum atomic E-state index is 14.4. The highest BCUT2D eigenvalue weighted by Gasteiger charge is 2.42. The molecule has 0 bridgehead atoms. The van der Waals surface area contributed by atoms with Crippen molar-refractivity contribution in [1.29, 1.82) is 0 Å². The van der Waals surface area contributed by atoms with Crippen LogP contribution in [0.25, 0.3) is 32.6 Å². The first kappa shape index (κ1) is 40.4. The molecule has 0 aliphatic rings. The molecule has 11 heteroatoms. The van der Waals surface area contributed by atoms with Crippen molar-refractivity contribution in [3.05, 3.63) is 147 Å². The summed E-state index contributed by atoms with van der Waals surface area (Å²) in [7, 11) is 0. The van der Waals surface area contributed by atoms with Crippen molar-refractivity contribution in [3.8, 4) is 5.75 Å². The van der Waals surface area contributed by atoms with Gasteiger partial charge in [-0.05, 0) is 72.0 Å². The number of benzene rings is 5. The van der Waals surface area contributed by atoms with Crippen LogP contribution in [0.3, 0.4) is 0 Å². The molecule has 0 fully saturated rings. The summed E-state index contributed by atoms with van der Waals surface area (Å²) >= 11 is 1.16. The van der Waals surface area contributed by atoms with Gasteiger partial charge in [-0.3, -0.25) is 4.79 Å². The highest BCUT2D eigenvalue weighted by Crippen LogP contribution is 2.39. The number of halogens is 4. The second-order valence-corrected chi connectivity index (χ2v) is 15.4. The Morgan fingerprint density at radius 2 is 1.53 bits per heavy atom. The summed E-state index contributed by atoms with van der Waals surface area (Å²) in [6.07, 6.45) is 0.234. The van der Waals surface area contributed by atoms with Gasteiger partial charge in [-0.1, -0.05) is 111 Å². The van der Waals surface area contributed by atoms with Gasteiger partial charge >= 0.3 is 18.3 Å². The number of ether oxygens (including phenoxy) is 1. The number of carbonyl (C=O) groups excluding carboxylic acids is 2. The number of unbranched alkanes of at least 4 members (excludes halogenated alkanes) is 1. The van der Waals surface area contributed by atoms with Crippen molar-refractivity contribution in [3.63, 3.8) is 0 Å². The molecule has 0 saturated heterocycles. The monoisotopic (exact) mass is 806 g/mol. The van der Waals surface area contributed by atoms with Gasteiger partial charge in [0.1, 0.15) is 16.3 Å². The Morgan fingerprint density at radius 3 is 2.24 bits per heavy atom. The van der Waals surface area contributed by atoms with E-state index in [1.54, 1.807) is 29.6 Å². The Labute approximate surface area is 337 Å². The summed E-state index contributed by atoms with van der Waals surface area (Å²) in [6.45, 7) is 5.42. The molecule has 298 valence electrons. The number of aryl methyl sites for hydroxylation is 1. The Kier molecular flexibility index (Phi) is 12.1. The Morgan fingerprint density at radius 1 is 0.810 bits per heavy atom.